The molecule has 1 heterocycles. The van der Waals surface area contributed by atoms with Gasteiger partial charge in [0.25, 0.3) is 0 Å². The Kier molecular flexibility index (Phi) is 3.35. The Morgan fingerprint density at radius 3 is 2.76 bits per heavy atom. The number of rotatable bonds is 3. The number of H-pyrrole nitrogens is 1. The SMILES string of the molecule is CC1CCCC1NS(=O)(=O)c1c[nH]ccc1=O. The molecule has 0 bridgehead atoms. The third kappa shape index (κ3) is 2.58. The molecular formula is C11H16N2O3S. The molecule has 0 amide bonds. The topological polar surface area (TPSA) is 79.0 Å². The summed E-state index contributed by atoms with van der Waals surface area (Å²) < 4.78 is 26.7. The highest BCUT2D eigenvalue weighted by Gasteiger charge is 2.29. The van der Waals surface area contributed by atoms with Gasteiger partial charge in [0.2, 0.25) is 15.5 Å². The predicted octanol–water partition coefficient (Wildman–Crippen LogP) is 0.842. The lowest BCUT2D eigenvalue weighted by molar-refractivity contribution is 0.476. The minimum Gasteiger partial charge on any atom is -0.366 e. The number of pyridine rings is 1. The van der Waals surface area contributed by atoms with Gasteiger partial charge in [0, 0.05) is 24.5 Å². The zero-order valence-electron chi connectivity index (χ0n) is 9.64. The first-order valence-corrected chi connectivity index (χ1v) is 7.18. The van der Waals surface area contributed by atoms with E-state index in [0.29, 0.717) is 5.92 Å². The number of hydrogen-bond acceptors (Lipinski definition) is 3. The minimum absolute atomic E-state index is 0.0559. The van der Waals surface area contributed by atoms with Crippen molar-refractivity contribution in [2.45, 2.75) is 37.1 Å². The van der Waals surface area contributed by atoms with Crippen molar-refractivity contribution in [3.8, 4) is 0 Å². The molecular weight excluding hydrogens is 240 g/mol. The van der Waals surface area contributed by atoms with Crippen LogP contribution in [0.1, 0.15) is 26.2 Å². The quantitative estimate of drug-likeness (QED) is 0.841. The van der Waals surface area contributed by atoms with E-state index in [0.717, 1.165) is 19.3 Å². The molecule has 1 aromatic rings. The number of nitrogens with one attached hydrogen (secondary N) is 2. The van der Waals surface area contributed by atoms with E-state index in [-0.39, 0.29) is 10.9 Å². The van der Waals surface area contributed by atoms with Crippen LogP contribution in [0.25, 0.3) is 0 Å². The average molecular weight is 256 g/mol. The van der Waals surface area contributed by atoms with Crippen molar-refractivity contribution in [2.75, 3.05) is 0 Å². The Morgan fingerprint density at radius 2 is 2.18 bits per heavy atom. The Bertz CT molecular complexity index is 550. The predicted molar refractivity (Wildman–Crippen MR) is 64.2 cm³/mol. The van der Waals surface area contributed by atoms with Gasteiger partial charge in [-0.15, -0.1) is 0 Å². The molecule has 2 unspecified atom stereocenters. The summed E-state index contributed by atoms with van der Waals surface area (Å²) in [6, 6.07) is 1.16. The zero-order valence-corrected chi connectivity index (χ0v) is 10.5. The van der Waals surface area contributed by atoms with Gasteiger partial charge in [0.15, 0.2) is 0 Å². The molecule has 1 aromatic heterocycles. The third-order valence-electron chi connectivity index (χ3n) is 3.25. The van der Waals surface area contributed by atoms with E-state index >= 15 is 0 Å². The molecule has 5 nitrogen and oxygen atoms in total. The van der Waals surface area contributed by atoms with Crippen LogP contribution in [0.15, 0.2) is 28.2 Å². The number of aromatic amines is 1. The van der Waals surface area contributed by atoms with Gasteiger partial charge in [-0.05, 0) is 18.8 Å². The van der Waals surface area contributed by atoms with Gasteiger partial charge in [0.1, 0.15) is 4.90 Å². The monoisotopic (exact) mass is 256 g/mol. The van der Waals surface area contributed by atoms with Gasteiger partial charge in [0.05, 0.1) is 0 Å². The van der Waals surface area contributed by atoms with E-state index in [1.807, 2.05) is 6.92 Å². The maximum atomic E-state index is 12.0. The van der Waals surface area contributed by atoms with Gasteiger partial charge in [-0.25, -0.2) is 13.1 Å². The summed E-state index contributed by atoms with van der Waals surface area (Å²) in [5.41, 5.74) is -0.484. The third-order valence-corrected chi connectivity index (χ3v) is 4.76. The zero-order chi connectivity index (χ0) is 12.5. The molecule has 2 N–H and O–H groups in total. The molecule has 1 aliphatic carbocycles. The standard InChI is InChI=1S/C11H16N2O3S/c1-8-3-2-4-9(8)13-17(15,16)11-7-12-6-5-10(11)14/h5-9,13H,2-4H2,1H3,(H,12,14). The molecule has 17 heavy (non-hydrogen) atoms. The van der Waals surface area contributed by atoms with Crippen LogP contribution in [0, 0.1) is 5.92 Å². The highest BCUT2D eigenvalue weighted by molar-refractivity contribution is 7.89. The lowest BCUT2D eigenvalue weighted by atomic mass is 10.1. The molecule has 94 valence electrons. The molecule has 2 atom stereocenters. The smallest absolute Gasteiger partial charge is 0.246 e. The Morgan fingerprint density at radius 1 is 1.41 bits per heavy atom. The molecule has 2 rings (SSSR count). The lowest BCUT2D eigenvalue weighted by Gasteiger charge is -2.16. The molecule has 1 fully saturated rings. The second-order valence-corrected chi connectivity index (χ2v) is 6.19. The molecule has 0 spiro atoms. The largest absolute Gasteiger partial charge is 0.366 e. The molecule has 1 saturated carbocycles. The van der Waals surface area contributed by atoms with Crippen molar-refractivity contribution in [3.63, 3.8) is 0 Å². The second-order valence-electron chi connectivity index (χ2n) is 4.51. The van der Waals surface area contributed by atoms with Crippen LogP contribution in [-0.2, 0) is 10.0 Å². The minimum atomic E-state index is -3.70. The summed E-state index contributed by atoms with van der Waals surface area (Å²) in [6.07, 6.45) is 5.53. The maximum absolute atomic E-state index is 12.0. The van der Waals surface area contributed by atoms with Gasteiger partial charge >= 0.3 is 0 Å². The summed E-state index contributed by atoms with van der Waals surface area (Å²) in [5.74, 6) is 0.326. The summed E-state index contributed by atoms with van der Waals surface area (Å²) in [6.45, 7) is 2.02. The summed E-state index contributed by atoms with van der Waals surface area (Å²) >= 11 is 0. The van der Waals surface area contributed by atoms with Crippen LogP contribution in [0.3, 0.4) is 0 Å². The summed E-state index contributed by atoms with van der Waals surface area (Å²) in [5, 5.41) is 0. The Hall–Kier alpha value is -1.14. The Balaban J connectivity index is 2.26. The fraction of sp³-hybridized carbons (Fsp3) is 0.545. The van der Waals surface area contributed by atoms with Gasteiger partial charge in [-0.3, -0.25) is 4.79 Å². The van der Waals surface area contributed by atoms with Gasteiger partial charge < -0.3 is 4.98 Å². The Labute approximate surface area is 100 Å². The maximum Gasteiger partial charge on any atom is 0.246 e. The van der Waals surface area contributed by atoms with Crippen LogP contribution in [0.4, 0.5) is 0 Å². The van der Waals surface area contributed by atoms with Crippen molar-refractivity contribution in [3.05, 3.63) is 28.7 Å². The van der Waals surface area contributed by atoms with E-state index in [4.69, 9.17) is 0 Å². The van der Waals surface area contributed by atoms with Gasteiger partial charge in [-0.1, -0.05) is 13.3 Å². The molecule has 0 saturated heterocycles. The van der Waals surface area contributed by atoms with Crippen molar-refractivity contribution >= 4 is 10.0 Å². The number of aromatic nitrogens is 1. The van der Waals surface area contributed by atoms with Crippen LogP contribution in [0.2, 0.25) is 0 Å². The highest BCUT2D eigenvalue weighted by Crippen LogP contribution is 2.25. The van der Waals surface area contributed by atoms with E-state index in [1.54, 1.807) is 0 Å². The van der Waals surface area contributed by atoms with Crippen molar-refractivity contribution in [1.29, 1.82) is 0 Å². The fourth-order valence-corrected chi connectivity index (χ4v) is 3.63. The summed E-state index contributed by atoms with van der Waals surface area (Å²) in [7, 11) is -3.70. The molecule has 0 radical (unpaired) electrons. The fourth-order valence-electron chi connectivity index (χ4n) is 2.19. The molecule has 1 aliphatic rings. The van der Waals surface area contributed by atoms with E-state index in [2.05, 4.69) is 9.71 Å². The first-order valence-electron chi connectivity index (χ1n) is 5.70. The van der Waals surface area contributed by atoms with Crippen LogP contribution in [0.5, 0.6) is 0 Å². The number of sulfonamides is 1. The first kappa shape index (κ1) is 12.3. The van der Waals surface area contributed by atoms with E-state index in [9.17, 15) is 13.2 Å². The molecule has 0 aromatic carbocycles. The van der Waals surface area contributed by atoms with Crippen molar-refractivity contribution in [2.24, 2.45) is 5.92 Å². The van der Waals surface area contributed by atoms with E-state index in [1.165, 1.54) is 18.5 Å². The normalized spacial score (nSPS) is 25.0. The van der Waals surface area contributed by atoms with Crippen LogP contribution < -0.4 is 10.2 Å². The number of hydrogen-bond donors (Lipinski definition) is 2. The van der Waals surface area contributed by atoms with Crippen molar-refractivity contribution < 1.29 is 8.42 Å². The highest BCUT2D eigenvalue weighted by atomic mass is 32.2. The second kappa shape index (κ2) is 4.62. The lowest BCUT2D eigenvalue weighted by Crippen LogP contribution is -2.38. The van der Waals surface area contributed by atoms with E-state index < -0.39 is 15.5 Å². The average Bonchev–Trinajstić information content (AvgIpc) is 2.64. The molecule has 6 heteroatoms. The van der Waals surface area contributed by atoms with Crippen LogP contribution in [-0.4, -0.2) is 19.4 Å². The van der Waals surface area contributed by atoms with Crippen molar-refractivity contribution in [1.82, 2.24) is 9.71 Å². The molecule has 0 aliphatic heterocycles. The first-order chi connectivity index (χ1) is 8.00. The van der Waals surface area contributed by atoms with Gasteiger partial charge in [-0.2, -0.15) is 0 Å². The van der Waals surface area contributed by atoms with Crippen LogP contribution >= 0.6 is 0 Å². The summed E-state index contributed by atoms with van der Waals surface area (Å²) in [4.78, 5) is 13.9.